The minimum Gasteiger partial charge on any atom is -0.407 e. The number of para-hydroxylation sites is 1. The second kappa shape index (κ2) is 5.81. The number of aryl methyl sites for hydroxylation is 1. The van der Waals surface area contributed by atoms with Crippen LogP contribution >= 0.6 is 0 Å². The van der Waals surface area contributed by atoms with Crippen molar-refractivity contribution in [2.45, 2.75) is 49.8 Å². The Morgan fingerprint density at radius 1 is 1.07 bits per heavy atom. The molecule has 4 nitrogen and oxygen atoms in total. The van der Waals surface area contributed by atoms with Crippen LogP contribution in [0.4, 0.5) is 5.69 Å². The Morgan fingerprint density at radius 3 is 2.25 bits per heavy atom. The van der Waals surface area contributed by atoms with E-state index in [0.29, 0.717) is 11.4 Å². The molecule has 0 aliphatic carbocycles. The van der Waals surface area contributed by atoms with E-state index in [0.717, 1.165) is 22.0 Å². The van der Waals surface area contributed by atoms with E-state index in [-0.39, 0.29) is 0 Å². The highest BCUT2D eigenvalue weighted by atomic mass is 32.2. The van der Waals surface area contributed by atoms with Crippen molar-refractivity contribution in [1.82, 2.24) is 0 Å². The Kier molecular flexibility index (Phi) is 4.03. The zero-order chi connectivity index (χ0) is 20.5. The molecule has 1 unspecified atom stereocenters. The zero-order valence-electron chi connectivity index (χ0n) is 17.1. The van der Waals surface area contributed by atoms with E-state index in [4.69, 9.17) is 4.43 Å². The quantitative estimate of drug-likeness (QED) is 0.679. The number of hydrogen-bond donors (Lipinski definition) is 0. The van der Waals surface area contributed by atoms with Gasteiger partial charge in [0.25, 0.3) is 10.0 Å². The summed E-state index contributed by atoms with van der Waals surface area (Å²) >= 11 is 0. The van der Waals surface area contributed by atoms with Crippen LogP contribution in [0.2, 0.25) is 13.1 Å². The van der Waals surface area contributed by atoms with Gasteiger partial charge in [-0.3, -0.25) is 4.31 Å². The molecule has 1 atom stereocenters. The van der Waals surface area contributed by atoms with E-state index in [2.05, 4.69) is 33.5 Å². The van der Waals surface area contributed by atoms with Crippen LogP contribution in [0.25, 0.3) is 0 Å². The Hall–Kier alpha value is -1.89. The van der Waals surface area contributed by atoms with Gasteiger partial charge in [-0.05, 0) is 62.8 Å². The maximum absolute atomic E-state index is 13.6. The van der Waals surface area contributed by atoms with Crippen molar-refractivity contribution in [3.05, 3.63) is 71.4 Å². The Morgan fingerprint density at radius 2 is 1.68 bits per heavy atom. The van der Waals surface area contributed by atoms with Crippen LogP contribution in [0.3, 0.4) is 0 Å². The Bertz CT molecular complexity index is 1070. The predicted molar refractivity (Wildman–Crippen MR) is 116 cm³/mol. The van der Waals surface area contributed by atoms with Crippen molar-refractivity contribution in [3.63, 3.8) is 0 Å². The van der Waals surface area contributed by atoms with Crippen LogP contribution in [-0.2, 0) is 19.9 Å². The summed E-state index contributed by atoms with van der Waals surface area (Å²) < 4.78 is 35.3. The number of benzene rings is 2. The van der Waals surface area contributed by atoms with Gasteiger partial charge in [-0.25, -0.2) is 8.42 Å². The van der Waals surface area contributed by atoms with Gasteiger partial charge in [0.2, 0.25) is 8.32 Å². The second-order valence-corrected chi connectivity index (χ2v) is 14.5. The highest BCUT2D eigenvalue weighted by Gasteiger charge is 2.66. The standard InChI is InChI=1S/C22H27NO3SSi/c1-16-11-13-18(14-12-16)27(24,25)23-15-22(19-9-7-8-10-20(19)23)17(2)28(5,6)26-21(22,3)4/h7-14H,2,15H2,1,3-6H3. The first kappa shape index (κ1) is 19.4. The first-order chi connectivity index (χ1) is 12.9. The van der Waals surface area contributed by atoms with Crippen LogP contribution in [0, 0.1) is 6.92 Å². The summed E-state index contributed by atoms with van der Waals surface area (Å²) in [4.78, 5) is 0.309. The van der Waals surface area contributed by atoms with Crippen molar-refractivity contribution in [3.8, 4) is 0 Å². The van der Waals surface area contributed by atoms with Gasteiger partial charge in [0.15, 0.2) is 0 Å². The number of rotatable bonds is 2. The lowest BCUT2D eigenvalue weighted by atomic mass is 9.70. The SMILES string of the molecule is C=C1C2(CN(S(=O)(=O)c3ccc(C)cc3)c3ccccc32)C(C)(C)O[Si]1(C)C. The largest absolute Gasteiger partial charge is 0.407 e. The molecule has 2 aliphatic heterocycles. The van der Waals surface area contributed by atoms with Gasteiger partial charge >= 0.3 is 0 Å². The maximum Gasteiger partial charge on any atom is 0.264 e. The molecule has 0 radical (unpaired) electrons. The molecule has 0 bridgehead atoms. The molecule has 0 saturated carbocycles. The van der Waals surface area contributed by atoms with Gasteiger partial charge in [-0.1, -0.05) is 35.9 Å². The van der Waals surface area contributed by atoms with Crippen LogP contribution < -0.4 is 4.31 Å². The molecule has 2 heterocycles. The minimum absolute atomic E-state index is 0.309. The topological polar surface area (TPSA) is 46.6 Å². The van der Waals surface area contributed by atoms with Gasteiger partial charge in [-0.2, -0.15) is 0 Å². The molecule has 2 aliphatic rings. The van der Waals surface area contributed by atoms with Crippen LogP contribution in [-0.4, -0.2) is 28.9 Å². The third-order valence-electron chi connectivity index (χ3n) is 6.40. The summed E-state index contributed by atoms with van der Waals surface area (Å²) in [6.07, 6.45) is 0. The fourth-order valence-corrected chi connectivity index (χ4v) is 9.56. The lowest BCUT2D eigenvalue weighted by Crippen LogP contribution is -2.48. The Balaban J connectivity index is 1.93. The third-order valence-corrected chi connectivity index (χ3v) is 11.1. The van der Waals surface area contributed by atoms with Crippen molar-refractivity contribution in [1.29, 1.82) is 0 Å². The van der Waals surface area contributed by atoms with Gasteiger partial charge < -0.3 is 4.43 Å². The second-order valence-electron chi connectivity index (χ2n) is 8.85. The highest BCUT2D eigenvalue weighted by Crippen LogP contribution is 2.60. The lowest BCUT2D eigenvalue weighted by Gasteiger charge is -2.38. The predicted octanol–water partition coefficient (Wildman–Crippen LogP) is 4.55. The molecular weight excluding hydrogens is 386 g/mol. The summed E-state index contributed by atoms with van der Waals surface area (Å²) in [6.45, 7) is 15.2. The van der Waals surface area contributed by atoms with Crippen LogP contribution in [0.5, 0.6) is 0 Å². The molecule has 0 aromatic heterocycles. The number of hydrogen-bond acceptors (Lipinski definition) is 3. The lowest BCUT2D eigenvalue weighted by molar-refractivity contribution is 0.0705. The summed E-state index contributed by atoms with van der Waals surface area (Å²) in [7, 11) is -5.87. The van der Waals surface area contributed by atoms with E-state index < -0.39 is 29.4 Å². The number of anilines is 1. The number of fused-ring (bicyclic) bond motifs is 2. The normalized spacial score (nSPS) is 25.3. The number of sulfonamides is 1. The molecule has 28 heavy (non-hydrogen) atoms. The monoisotopic (exact) mass is 413 g/mol. The maximum atomic E-state index is 13.6. The molecule has 1 saturated heterocycles. The van der Waals surface area contributed by atoms with Crippen molar-refractivity contribution < 1.29 is 12.8 Å². The van der Waals surface area contributed by atoms with Gasteiger partial charge in [0, 0.05) is 0 Å². The van der Waals surface area contributed by atoms with E-state index in [1.165, 1.54) is 0 Å². The van der Waals surface area contributed by atoms with E-state index in [9.17, 15) is 8.42 Å². The highest BCUT2D eigenvalue weighted by molar-refractivity contribution is 7.92. The number of nitrogens with zero attached hydrogens (tertiary/aromatic N) is 1. The van der Waals surface area contributed by atoms with Crippen LogP contribution in [0.1, 0.15) is 25.0 Å². The fourth-order valence-electron chi connectivity index (χ4n) is 4.93. The summed E-state index contributed by atoms with van der Waals surface area (Å²) in [5, 5.41) is 1.05. The summed E-state index contributed by atoms with van der Waals surface area (Å²) in [6, 6.07) is 14.8. The first-order valence-electron chi connectivity index (χ1n) is 9.52. The fraction of sp³-hybridized carbons (Fsp3) is 0.364. The van der Waals surface area contributed by atoms with Crippen molar-refractivity contribution in [2.24, 2.45) is 0 Å². The molecule has 2 aromatic rings. The molecule has 2 aromatic carbocycles. The molecule has 6 heteroatoms. The molecular formula is C22H27NO3SSi. The molecule has 1 spiro atoms. The van der Waals surface area contributed by atoms with Crippen molar-refractivity contribution >= 4 is 24.0 Å². The summed E-state index contributed by atoms with van der Waals surface area (Å²) in [5.74, 6) is 0. The molecule has 0 amide bonds. The summed E-state index contributed by atoms with van der Waals surface area (Å²) in [5.41, 5.74) is 1.68. The molecule has 1 fully saturated rings. The van der Waals surface area contributed by atoms with E-state index >= 15 is 0 Å². The van der Waals surface area contributed by atoms with Gasteiger partial charge in [0.1, 0.15) is 0 Å². The molecule has 0 N–H and O–H groups in total. The van der Waals surface area contributed by atoms with Crippen molar-refractivity contribution in [2.75, 3.05) is 10.8 Å². The average molecular weight is 414 g/mol. The first-order valence-corrected chi connectivity index (χ1v) is 13.9. The zero-order valence-corrected chi connectivity index (χ0v) is 18.9. The van der Waals surface area contributed by atoms with Gasteiger partial charge in [0.05, 0.1) is 28.1 Å². The van der Waals surface area contributed by atoms with E-state index in [1.807, 2.05) is 43.3 Å². The van der Waals surface area contributed by atoms with Gasteiger partial charge in [-0.15, -0.1) is 6.58 Å². The Labute approximate surface area is 169 Å². The minimum atomic E-state index is -3.69. The smallest absolute Gasteiger partial charge is 0.264 e. The average Bonchev–Trinajstić information content (AvgIpc) is 3.04. The molecule has 148 valence electrons. The van der Waals surface area contributed by atoms with E-state index in [1.54, 1.807) is 16.4 Å². The molecule has 4 rings (SSSR count). The third kappa shape index (κ3) is 2.41. The van der Waals surface area contributed by atoms with Crippen LogP contribution in [0.15, 0.2) is 65.2 Å².